The Balaban J connectivity index is 1.74. The van der Waals surface area contributed by atoms with Crippen LogP contribution < -0.4 is 14.8 Å². The highest BCUT2D eigenvalue weighted by Crippen LogP contribution is 2.19. The fraction of sp³-hybridized carbons (Fsp3) is 0.190. The van der Waals surface area contributed by atoms with Gasteiger partial charge in [-0.05, 0) is 42.8 Å². The second-order valence-electron chi connectivity index (χ2n) is 6.38. The van der Waals surface area contributed by atoms with Gasteiger partial charge in [-0.2, -0.15) is 0 Å². The van der Waals surface area contributed by atoms with Gasteiger partial charge in [-0.1, -0.05) is 24.3 Å². The summed E-state index contributed by atoms with van der Waals surface area (Å²) in [6.07, 6.45) is 1.47. The minimum Gasteiger partial charge on any atom is -0.496 e. The van der Waals surface area contributed by atoms with Crippen LogP contribution in [0.15, 0.2) is 70.2 Å². The lowest BCUT2D eigenvalue weighted by Crippen LogP contribution is -2.26. The quantitative estimate of drug-likeness (QED) is 0.591. The number of carbonyl (C=O) groups excluding carboxylic acids is 1. The van der Waals surface area contributed by atoms with Gasteiger partial charge in [0.25, 0.3) is 5.91 Å². The van der Waals surface area contributed by atoms with Gasteiger partial charge >= 0.3 is 0 Å². The zero-order valence-electron chi connectivity index (χ0n) is 16.1. The van der Waals surface area contributed by atoms with E-state index in [1.165, 1.54) is 18.4 Å². The number of sulfonamides is 1. The molecule has 0 bridgehead atoms. The van der Waals surface area contributed by atoms with E-state index in [0.717, 1.165) is 5.56 Å². The van der Waals surface area contributed by atoms with Gasteiger partial charge in [0.1, 0.15) is 11.5 Å². The van der Waals surface area contributed by atoms with Crippen LogP contribution in [0.2, 0.25) is 0 Å². The highest BCUT2D eigenvalue weighted by molar-refractivity contribution is 7.89. The molecule has 2 aromatic carbocycles. The van der Waals surface area contributed by atoms with E-state index in [1.807, 2.05) is 24.3 Å². The Bertz CT molecular complexity index is 1090. The molecule has 1 aromatic heterocycles. The Morgan fingerprint density at radius 1 is 1.07 bits per heavy atom. The maximum atomic E-state index is 12.7. The summed E-state index contributed by atoms with van der Waals surface area (Å²) in [5, 5.41) is 2.81. The molecule has 0 saturated heterocycles. The molecule has 8 heteroatoms. The third kappa shape index (κ3) is 5.04. The average molecular weight is 414 g/mol. The van der Waals surface area contributed by atoms with Gasteiger partial charge in [0, 0.05) is 17.7 Å². The van der Waals surface area contributed by atoms with Gasteiger partial charge in [0.05, 0.1) is 24.8 Å². The van der Waals surface area contributed by atoms with Crippen LogP contribution in [0.25, 0.3) is 0 Å². The lowest BCUT2D eigenvalue weighted by molar-refractivity contribution is 0.0950. The molecule has 2 N–H and O–H groups in total. The highest BCUT2D eigenvalue weighted by Gasteiger charge is 2.18. The first-order chi connectivity index (χ1) is 13.9. The standard InChI is InChI=1S/C21H22N2O5S/c1-15-9-10-18(29(25,26)23-14-17-7-5-11-28-17)12-19(15)21(24)22-13-16-6-3-4-8-20(16)27-2/h3-12,23H,13-14H2,1-2H3,(H,22,24). The Morgan fingerprint density at radius 3 is 2.59 bits per heavy atom. The Hall–Kier alpha value is -3.10. The molecule has 7 nitrogen and oxygen atoms in total. The number of benzene rings is 2. The number of para-hydroxylation sites is 1. The Morgan fingerprint density at radius 2 is 1.86 bits per heavy atom. The third-order valence-electron chi connectivity index (χ3n) is 4.41. The molecule has 152 valence electrons. The molecule has 0 spiro atoms. The SMILES string of the molecule is COc1ccccc1CNC(=O)c1cc(S(=O)(=O)NCc2ccco2)ccc1C. The number of hydrogen-bond donors (Lipinski definition) is 2. The van der Waals surface area contributed by atoms with E-state index in [4.69, 9.17) is 9.15 Å². The van der Waals surface area contributed by atoms with Crippen LogP contribution in [-0.2, 0) is 23.1 Å². The molecule has 0 unspecified atom stereocenters. The van der Waals surface area contributed by atoms with Gasteiger partial charge in [-0.25, -0.2) is 13.1 Å². The lowest BCUT2D eigenvalue weighted by Gasteiger charge is -2.12. The number of hydrogen-bond acceptors (Lipinski definition) is 5. The number of amides is 1. The summed E-state index contributed by atoms with van der Waals surface area (Å²) in [5.41, 5.74) is 1.79. The maximum absolute atomic E-state index is 12.7. The van der Waals surface area contributed by atoms with Crippen molar-refractivity contribution in [2.45, 2.75) is 24.9 Å². The molecular weight excluding hydrogens is 392 g/mol. The van der Waals surface area contributed by atoms with E-state index in [2.05, 4.69) is 10.0 Å². The van der Waals surface area contributed by atoms with Crippen molar-refractivity contribution in [1.29, 1.82) is 0 Å². The molecule has 0 fully saturated rings. The molecule has 3 rings (SSSR count). The predicted molar refractivity (Wildman–Crippen MR) is 108 cm³/mol. The highest BCUT2D eigenvalue weighted by atomic mass is 32.2. The topological polar surface area (TPSA) is 97.6 Å². The summed E-state index contributed by atoms with van der Waals surface area (Å²) in [5.74, 6) is 0.801. The van der Waals surface area contributed by atoms with E-state index in [0.29, 0.717) is 22.6 Å². The van der Waals surface area contributed by atoms with Crippen LogP contribution in [0, 0.1) is 6.92 Å². The predicted octanol–water partition coefficient (Wildman–Crippen LogP) is 3.01. The minimum absolute atomic E-state index is 0.0112. The second kappa shape index (κ2) is 8.93. The van der Waals surface area contributed by atoms with Crippen molar-refractivity contribution < 1.29 is 22.4 Å². The van der Waals surface area contributed by atoms with E-state index in [9.17, 15) is 13.2 Å². The van der Waals surface area contributed by atoms with Gasteiger partial charge in [0.15, 0.2) is 0 Å². The van der Waals surface area contributed by atoms with Gasteiger partial charge in [0.2, 0.25) is 10.0 Å². The average Bonchev–Trinajstić information content (AvgIpc) is 3.24. The Labute approximate surface area is 169 Å². The van der Waals surface area contributed by atoms with Crippen molar-refractivity contribution >= 4 is 15.9 Å². The normalized spacial score (nSPS) is 11.2. The molecule has 0 aliphatic heterocycles. The molecule has 29 heavy (non-hydrogen) atoms. The van der Waals surface area contributed by atoms with Crippen LogP contribution >= 0.6 is 0 Å². The van der Waals surface area contributed by atoms with Crippen molar-refractivity contribution in [2.75, 3.05) is 7.11 Å². The van der Waals surface area contributed by atoms with E-state index in [-0.39, 0.29) is 23.9 Å². The molecule has 0 saturated carbocycles. The first-order valence-corrected chi connectivity index (χ1v) is 10.4. The molecular formula is C21H22N2O5S. The van der Waals surface area contributed by atoms with Crippen LogP contribution in [-0.4, -0.2) is 21.4 Å². The number of aryl methyl sites for hydroxylation is 1. The van der Waals surface area contributed by atoms with Crippen LogP contribution in [0.4, 0.5) is 0 Å². The van der Waals surface area contributed by atoms with Crippen LogP contribution in [0.3, 0.4) is 0 Å². The smallest absolute Gasteiger partial charge is 0.251 e. The van der Waals surface area contributed by atoms with Gasteiger partial charge < -0.3 is 14.5 Å². The summed E-state index contributed by atoms with van der Waals surface area (Å²) < 4.78 is 38.0. The fourth-order valence-corrected chi connectivity index (χ4v) is 3.81. The van der Waals surface area contributed by atoms with E-state index < -0.39 is 10.0 Å². The first-order valence-electron chi connectivity index (χ1n) is 8.93. The summed E-state index contributed by atoms with van der Waals surface area (Å²) in [6, 6.07) is 15.2. The van der Waals surface area contributed by atoms with Gasteiger partial charge in [-0.3, -0.25) is 4.79 Å². The number of rotatable bonds is 8. The summed E-state index contributed by atoms with van der Waals surface area (Å²) >= 11 is 0. The van der Waals surface area contributed by atoms with E-state index in [1.54, 1.807) is 32.2 Å². The number of carbonyl (C=O) groups is 1. The minimum atomic E-state index is -3.80. The second-order valence-corrected chi connectivity index (χ2v) is 8.14. The monoisotopic (exact) mass is 414 g/mol. The molecule has 0 radical (unpaired) electrons. The Kier molecular flexibility index (Phi) is 6.36. The van der Waals surface area contributed by atoms with Crippen molar-refractivity contribution in [1.82, 2.24) is 10.0 Å². The number of ether oxygens (including phenoxy) is 1. The maximum Gasteiger partial charge on any atom is 0.251 e. The summed E-state index contributed by atoms with van der Waals surface area (Å²) in [7, 11) is -2.23. The van der Waals surface area contributed by atoms with E-state index >= 15 is 0 Å². The molecule has 1 heterocycles. The molecule has 0 atom stereocenters. The van der Waals surface area contributed by atoms with Crippen molar-refractivity contribution in [3.8, 4) is 5.75 Å². The largest absolute Gasteiger partial charge is 0.496 e. The molecule has 0 aliphatic carbocycles. The van der Waals surface area contributed by atoms with Crippen molar-refractivity contribution in [3.63, 3.8) is 0 Å². The number of furan rings is 1. The van der Waals surface area contributed by atoms with Crippen molar-refractivity contribution in [3.05, 3.63) is 83.3 Å². The third-order valence-corrected chi connectivity index (χ3v) is 5.81. The van der Waals surface area contributed by atoms with Crippen LogP contribution in [0.1, 0.15) is 27.2 Å². The first kappa shape index (κ1) is 20.6. The molecule has 0 aliphatic rings. The number of methoxy groups -OCH3 is 1. The van der Waals surface area contributed by atoms with Gasteiger partial charge in [-0.15, -0.1) is 0 Å². The fourth-order valence-electron chi connectivity index (χ4n) is 2.80. The zero-order chi connectivity index (χ0) is 20.9. The summed E-state index contributed by atoms with van der Waals surface area (Å²) in [6.45, 7) is 2.04. The zero-order valence-corrected chi connectivity index (χ0v) is 17.0. The lowest BCUT2D eigenvalue weighted by atomic mass is 10.1. The molecule has 1 amide bonds. The number of nitrogens with one attached hydrogen (secondary N) is 2. The van der Waals surface area contributed by atoms with Crippen molar-refractivity contribution in [2.24, 2.45) is 0 Å². The van der Waals surface area contributed by atoms with Crippen LogP contribution in [0.5, 0.6) is 5.75 Å². The molecule has 3 aromatic rings. The summed E-state index contributed by atoms with van der Waals surface area (Å²) in [4.78, 5) is 12.7.